The van der Waals surface area contributed by atoms with Gasteiger partial charge in [-0.15, -0.1) is 0 Å². The lowest BCUT2D eigenvalue weighted by atomic mass is 9.90. The van der Waals surface area contributed by atoms with Crippen molar-refractivity contribution in [2.24, 2.45) is 5.92 Å². The largest absolute Gasteiger partial charge is 0.463 e. The van der Waals surface area contributed by atoms with Crippen LogP contribution in [0.4, 0.5) is 5.95 Å². The van der Waals surface area contributed by atoms with E-state index in [1.165, 1.54) is 32.1 Å². The highest BCUT2D eigenvalue weighted by Gasteiger charge is 2.15. The molecule has 1 aliphatic rings. The van der Waals surface area contributed by atoms with Crippen molar-refractivity contribution in [2.75, 3.05) is 19.0 Å². The van der Waals surface area contributed by atoms with Gasteiger partial charge in [-0.2, -0.15) is 20.1 Å². The molecule has 0 aliphatic heterocycles. The zero-order valence-electron chi connectivity index (χ0n) is 12.2. The first-order valence-electron chi connectivity index (χ1n) is 7.42. The van der Waals surface area contributed by atoms with E-state index < -0.39 is 0 Å². The van der Waals surface area contributed by atoms with E-state index in [1.807, 2.05) is 6.07 Å². The van der Waals surface area contributed by atoms with Gasteiger partial charge in [0.2, 0.25) is 5.95 Å². The molecule has 0 saturated heterocycles. The molecule has 7 nitrogen and oxygen atoms in total. The number of hydrogen-bond acceptors (Lipinski definition) is 6. The molecule has 7 heteroatoms. The first-order chi connectivity index (χ1) is 10.3. The molecule has 0 atom stereocenters. The molecular weight excluding hydrogens is 268 g/mol. The maximum Gasteiger partial charge on any atom is 0.323 e. The fourth-order valence-electron chi connectivity index (χ4n) is 2.56. The van der Waals surface area contributed by atoms with Gasteiger partial charge >= 0.3 is 6.01 Å². The third-order valence-corrected chi connectivity index (χ3v) is 3.71. The smallest absolute Gasteiger partial charge is 0.323 e. The summed E-state index contributed by atoms with van der Waals surface area (Å²) in [5.74, 6) is 1.55. The molecule has 2 aromatic rings. The minimum atomic E-state index is 0.352. The van der Waals surface area contributed by atoms with Crippen LogP contribution in [0, 0.1) is 5.92 Å². The number of aromatic nitrogens is 5. The van der Waals surface area contributed by atoms with E-state index >= 15 is 0 Å². The molecule has 112 valence electrons. The van der Waals surface area contributed by atoms with Gasteiger partial charge in [-0.3, -0.25) is 0 Å². The first-order valence-corrected chi connectivity index (χ1v) is 7.42. The second-order valence-electron chi connectivity index (χ2n) is 5.26. The van der Waals surface area contributed by atoms with E-state index in [0.29, 0.717) is 30.4 Å². The number of nitrogens with zero attached hydrogens (tertiary/aromatic N) is 5. The van der Waals surface area contributed by atoms with Gasteiger partial charge in [-0.05, 0) is 24.8 Å². The summed E-state index contributed by atoms with van der Waals surface area (Å²) < 4.78 is 7.38. The van der Waals surface area contributed by atoms with Crippen molar-refractivity contribution < 1.29 is 4.74 Å². The zero-order chi connectivity index (χ0) is 14.5. The van der Waals surface area contributed by atoms with E-state index in [1.54, 1.807) is 24.1 Å². The third kappa shape index (κ3) is 3.48. The Balaban J connectivity index is 1.73. The van der Waals surface area contributed by atoms with Crippen LogP contribution in [-0.2, 0) is 0 Å². The van der Waals surface area contributed by atoms with Crippen LogP contribution in [0.2, 0.25) is 0 Å². The minimum Gasteiger partial charge on any atom is -0.463 e. The van der Waals surface area contributed by atoms with Crippen molar-refractivity contribution in [3.63, 3.8) is 0 Å². The summed E-state index contributed by atoms with van der Waals surface area (Å²) in [6, 6.07) is 2.18. The van der Waals surface area contributed by atoms with E-state index in [0.717, 1.165) is 0 Å². The molecule has 0 unspecified atom stereocenters. The molecule has 0 spiro atoms. The van der Waals surface area contributed by atoms with Gasteiger partial charge in [0.1, 0.15) is 0 Å². The number of hydrogen-bond donors (Lipinski definition) is 1. The normalized spacial score (nSPS) is 15.9. The first kappa shape index (κ1) is 13.8. The van der Waals surface area contributed by atoms with E-state index in [-0.39, 0.29) is 0 Å². The summed E-state index contributed by atoms with van der Waals surface area (Å²) in [6.07, 6.45) is 9.88. The monoisotopic (exact) mass is 288 g/mol. The van der Waals surface area contributed by atoms with Crippen LogP contribution in [0.15, 0.2) is 18.5 Å². The Labute approximate surface area is 123 Å². The summed E-state index contributed by atoms with van der Waals surface area (Å²) in [6.45, 7) is 0.672. The van der Waals surface area contributed by atoms with Crippen LogP contribution in [0.3, 0.4) is 0 Å². The fourth-order valence-corrected chi connectivity index (χ4v) is 2.56. The van der Waals surface area contributed by atoms with Crippen LogP contribution >= 0.6 is 0 Å². The number of ether oxygens (including phenoxy) is 1. The standard InChI is InChI=1S/C14H20N6O/c1-15-12-17-13(20-9-5-8-16-20)19-14(18-12)21-10-11-6-3-2-4-7-11/h5,8-9,11H,2-4,6-7,10H2,1H3,(H,15,17,18,19). The van der Waals surface area contributed by atoms with E-state index in [4.69, 9.17) is 4.74 Å². The molecule has 1 aliphatic carbocycles. The molecule has 2 heterocycles. The summed E-state index contributed by atoms with van der Waals surface area (Å²) >= 11 is 0. The fraction of sp³-hybridized carbons (Fsp3) is 0.571. The Morgan fingerprint density at radius 2 is 2.10 bits per heavy atom. The molecule has 0 amide bonds. The molecule has 1 N–H and O–H groups in total. The Hall–Kier alpha value is -2.18. The molecule has 1 fully saturated rings. The summed E-state index contributed by atoms with van der Waals surface area (Å²) in [5.41, 5.74) is 0. The van der Waals surface area contributed by atoms with Crippen molar-refractivity contribution in [3.05, 3.63) is 18.5 Å². The Kier molecular flexibility index (Phi) is 4.28. The second-order valence-corrected chi connectivity index (χ2v) is 5.26. The average molecular weight is 288 g/mol. The van der Waals surface area contributed by atoms with E-state index in [9.17, 15) is 0 Å². The molecular formula is C14H20N6O. The summed E-state index contributed by atoms with van der Waals surface area (Å²) in [5, 5.41) is 7.06. The van der Waals surface area contributed by atoms with Crippen molar-refractivity contribution in [1.82, 2.24) is 24.7 Å². The van der Waals surface area contributed by atoms with Gasteiger partial charge in [0, 0.05) is 19.4 Å². The lowest BCUT2D eigenvalue weighted by Crippen LogP contribution is -2.17. The maximum absolute atomic E-state index is 5.78. The predicted octanol–water partition coefficient (Wildman–Crippen LogP) is 2.06. The van der Waals surface area contributed by atoms with Gasteiger partial charge in [0.25, 0.3) is 5.95 Å². The lowest BCUT2D eigenvalue weighted by Gasteiger charge is -2.21. The number of nitrogens with one attached hydrogen (secondary N) is 1. The van der Waals surface area contributed by atoms with E-state index in [2.05, 4.69) is 25.4 Å². The molecule has 0 radical (unpaired) electrons. The average Bonchev–Trinajstić information content (AvgIpc) is 3.08. The maximum atomic E-state index is 5.78. The highest BCUT2D eigenvalue weighted by atomic mass is 16.5. The van der Waals surface area contributed by atoms with Gasteiger partial charge in [-0.1, -0.05) is 19.3 Å². The van der Waals surface area contributed by atoms with Crippen molar-refractivity contribution in [1.29, 1.82) is 0 Å². The number of anilines is 1. The Morgan fingerprint density at radius 3 is 2.81 bits per heavy atom. The van der Waals surface area contributed by atoms with Gasteiger partial charge in [-0.25, -0.2) is 4.68 Å². The topological polar surface area (TPSA) is 77.8 Å². The van der Waals surface area contributed by atoms with Crippen LogP contribution in [0.5, 0.6) is 6.01 Å². The zero-order valence-corrected chi connectivity index (χ0v) is 12.2. The highest BCUT2D eigenvalue weighted by molar-refractivity contribution is 5.28. The molecule has 0 bridgehead atoms. The van der Waals surface area contributed by atoms with Crippen molar-refractivity contribution >= 4 is 5.95 Å². The van der Waals surface area contributed by atoms with Crippen LogP contribution in [0.1, 0.15) is 32.1 Å². The van der Waals surface area contributed by atoms with Gasteiger partial charge in [0.15, 0.2) is 0 Å². The molecule has 0 aromatic carbocycles. The molecule has 21 heavy (non-hydrogen) atoms. The van der Waals surface area contributed by atoms with Crippen molar-refractivity contribution in [3.8, 4) is 12.0 Å². The number of rotatable bonds is 5. The summed E-state index contributed by atoms with van der Waals surface area (Å²) in [7, 11) is 1.77. The third-order valence-electron chi connectivity index (χ3n) is 3.71. The van der Waals surface area contributed by atoms with Crippen LogP contribution in [-0.4, -0.2) is 38.4 Å². The van der Waals surface area contributed by atoms with Gasteiger partial charge in [0.05, 0.1) is 6.61 Å². The predicted molar refractivity (Wildman–Crippen MR) is 78.6 cm³/mol. The van der Waals surface area contributed by atoms with Crippen LogP contribution < -0.4 is 10.1 Å². The molecule has 3 rings (SSSR count). The quantitative estimate of drug-likeness (QED) is 0.907. The minimum absolute atomic E-state index is 0.352. The molecule has 1 saturated carbocycles. The second kappa shape index (κ2) is 6.51. The highest BCUT2D eigenvalue weighted by Crippen LogP contribution is 2.24. The lowest BCUT2D eigenvalue weighted by molar-refractivity contribution is 0.196. The SMILES string of the molecule is CNc1nc(OCC2CCCCC2)nc(-n2cccn2)n1. The van der Waals surface area contributed by atoms with Gasteiger partial charge < -0.3 is 10.1 Å². The van der Waals surface area contributed by atoms with Crippen molar-refractivity contribution in [2.45, 2.75) is 32.1 Å². The Morgan fingerprint density at radius 1 is 1.24 bits per heavy atom. The summed E-state index contributed by atoms with van der Waals surface area (Å²) in [4.78, 5) is 12.9. The van der Waals surface area contributed by atoms with Crippen LogP contribution in [0.25, 0.3) is 5.95 Å². The molecule has 2 aromatic heterocycles. The Bertz CT molecular complexity index is 565.